The van der Waals surface area contributed by atoms with Crippen molar-refractivity contribution in [3.8, 4) is 0 Å². The smallest absolute Gasteiger partial charge is 0.205 e. The van der Waals surface area contributed by atoms with E-state index in [9.17, 15) is 12.8 Å². The van der Waals surface area contributed by atoms with E-state index < -0.39 is 20.9 Å². The number of aromatic nitrogens is 2. The summed E-state index contributed by atoms with van der Waals surface area (Å²) in [6.45, 7) is 2.72. The molecule has 0 aliphatic carbocycles. The average molecular weight is 327 g/mol. The molecular formula is C13H14FN3O2S2. The second kappa shape index (κ2) is 5.34. The Hall–Kier alpha value is -1.54. The lowest BCUT2D eigenvalue weighted by molar-refractivity contribution is 0.539. The van der Waals surface area contributed by atoms with E-state index in [1.807, 2.05) is 11.8 Å². The molecular weight excluding hydrogens is 313 g/mol. The van der Waals surface area contributed by atoms with E-state index in [0.717, 1.165) is 23.4 Å². The second-order valence-electron chi connectivity index (χ2n) is 4.88. The van der Waals surface area contributed by atoms with Crippen molar-refractivity contribution in [2.24, 2.45) is 0 Å². The molecule has 1 fully saturated rings. The molecule has 112 valence electrons. The Balaban J connectivity index is 1.73. The summed E-state index contributed by atoms with van der Waals surface area (Å²) in [5, 5.41) is 0.228. The van der Waals surface area contributed by atoms with Crippen molar-refractivity contribution in [3.05, 3.63) is 35.9 Å². The number of hydrogen-bond acceptors (Lipinski definition) is 6. The van der Waals surface area contributed by atoms with Gasteiger partial charge in [-0.25, -0.2) is 17.8 Å². The predicted octanol–water partition coefficient (Wildman–Crippen LogP) is 1.90. The number of nitrogens with zero attached hydrogens (tertiary/aromatic N) is 3. The maximum atomic E-state index is 13.2. The first kappa shape index (κ1) is 14.4. The van der Waals surface area contributed by atoms with Crippen LogP contribution < -0.4 is 4.90 Å². The lowest BCUT2D eigenvalue weighted by atomic mass is 10.2. The zero-order valence-corrected chi connectivity index (χ0v) is 13.0. The van der Waals surface area contributed by atoms with E-state index in [1.54, 1.807) is 0 Å². The van der Waals surface area contributed by atoms with E-state index in [0.29, 0.717) is 13.1 Å². The van der Waals surface area contributed by atoms with Crippen molar-refractivity contribution in [3.63, 3.8) is 0 Å². The van der Waals surface area contributed by atoms with Gasteiger partial charge in [-0.15, -0.1) is 0 Å². The first-order chi connectivity index (χ1) is 10.0. The minimum Gasteiger partial charge on any atom is -0.344 e. The quantitative estimate of drug-likeness (QED) is 0.858. The number of sulfone groups is 1. The monoisotopic (exact) mass is 327 g/mol. The van der Waals surface area contributed by atoms with Gasteiger partial charge in [0.2, 0.25) is 5.13 Å². The highest BCUT2D eigenvalue weighted by atomic mass is 32.2. The van der Waals surface area contributed by atoms with Crippen LogP contribution in [-0.4, -0.2) is 36.1 Å². The van der Waals surface area contributed by atoms with Crippen molar-refractivity contribution in [1.29, 1.82) is 0 Å². The maximum absolute atomic E-state index is 13.2. The molecule has 2 heterocycles. The van der Waals surface area contributed by atoms with Crippen LogP contribution in [0.25, 0.3) is 0 Å². The van der Waals surface area contributed by atoms with Crippen LogP contribution in [0.3, 0.4) is 0 Å². The zero-order valence-electron chi connectivity index (χ0n) is 11.4. The number of anilines is 1. The van der Waals surface area contributed by atoms with Crippen LogP contribution in [0.15, 0.2) is 29.2 Å². The molecule has 1 saturated heterocycles. The van der Waals surface area contributed by atoms with Gasteiger partial charge >= 0.3 is 0 Å². The van der Waals surface area contributed by atoms with Gasteiger partial charge in [0.15, 0.2) is 9.84 Å². The van der Waals surface area contributed by atoms with Gasteiger partial charge < -0.3 is 4.90 Å². The fourth-order valence-electron chi connectivity index (χ4n) is 2.14. The Morgan fingerprint density at radius 1 is 1.43 bits per heavy atom. The minimum atomic E-state index is -3.49. The molecule has 1 aliphatic heterocycles. The molecule has 0 N–H and O–H groups in total. The summed E-state index contributed by atoms with van der Waals surface area (Å²) in [7, 11) is -3.49. The standard InChI is InChI=1S/C13H14FN3O2S2/c1-2-12-15-13(20-16-12)17-7-11(8-17)21(18,19)10-5-3-4-9(14)6-10/h3-6,11H,2,7-8H2,1H3. The molecule has 5 nitrogen and oxygen atoms in total. The largest absolute Gasteiger partial charge is 0.344 e. The zero-order chi connectivity index (χ0) is 15.0. The van der Waals surface area contributed by atoms with Crippen LogP contribution in [0.1, 0.15) is 12.7 Å². The van der Waals surface area contributed by atoms with E-state index in [2.05, 4.69) is 9.36 Å². The number of rotatable bonds is 4. The van der Waals surface area contributed by atoms with E-state index in [1.165, 1.54) is 29.7 Å². The Bertz CT molecular complexity index is 754. The van der Waals surface area contributed by atoms with Crippen LogP contribution in [0.5, 0.6) is 0 Å². The third-order valence-corrected chi connectivity index (χ3v) is 6.36. The van der Waals surface area contributed by atoms with Gasteiger partial charge in [0, 0.05) is 31.0 Å². The third-order valence-electron chi connectivity index (χ3n) is 3.46. The molecule has 0 atom stereocenters. The molecule has 2 aromatic rings. The van der Waals surface area contributed by atoms with Gasteiger partial charge in [0.05, 0.1) is 4.90 Å². The summed E-state index contributed by atoms with van der Waals surface area (Å²) >= 11 is 1.28. The van der Waals surface area contributed by atoms with Crippen LogP contribution in [0, 0.1) is 5.82 Å². The summed E-state index contributed by atoms with van der Waals surface area (Å²) in [6.07, 6.45) is 0.759. The summed E-state index contributed by atoms with van der Waals surface area (Å²) in [6, 6.07) is 5.15. The Kier molecular flexibility index (Phi) is 3.66. The molecule has 3 rings (SSSR count). The molecule has 1 aromatic heterocycles. The molecule has 0 radical (unpaired) electrons. The van der Waals surface area contributed by atoms with Gasteiger partial charge in [-0.05, 0) is 18.2 Å². The summed E-state index contributed by atoms with van der Waals surface area (Å²) in [4.78, 5) is 6.26. The average Bonchev–Trinajstić information content (AvgIpc) is 2.85. The van der Waals surface area contributed by atoms with Crippen LogP contribution in [-0.2, 0) is 16.3 Å². The van der Waals surface area contributed by atoms with Gasteiger partial charge in [-0.1, -0.05) is 13.0 Å². The molecule has 21 heavy (non-hydrogen) atoms. The van der Waals surface area contributed by atoms with Gasteiger partial charge in [-0.2, -0.15) is 4.37 Å². The van der Waals surface area contributed by atoms with Crippen molar-refractivity contribution >= 4 is 26.5 Å². The number of hydrogen-bond donors (Lipinski definition) is 0. The maximum Gasteiger partial charge on any atom is 0.205 e. The van der Waals surface area contributed by atoms with Crippen molar-refractivity contribution in [2.75, 3.05) is 18.0 Å². The van der Waals surface area contributed by atoms with Crippen LogP contribution in [0.2, 0.25) is 0 Å². The van der Waals surface area contributed by atoms with Gasteiger partial charge in [-0.3, -0.25) is 0 Å². The Morgan fingerprint density at radius 3 is 2.81 bits per heavy atom. The summed E-state index contributed by atoms with van der Waals surface area (Å²) in [5.41, 5.74) is 0. The number of aryl methyl sites for hydroxylation is 1. The first-order valence-electron chi connectivity index (χ1n) is 6.57. The lowest BCUT2D eigenvalue weighted by Gasteiger charge is -2.38. The second-order valence-corrected chi connectivity index (χ2v) is 7.83. The lowest BCUT2D eigenvalue weighted by Crippen LogP contribution is -2.54. The third kappa shape index (κ3) is 2.65. The molecule has 0 bridgehead atoms. The molecule has 1 aromatic carbocycles. The molecule has 0 amide bonds. The van der Waals surface area contributed by atoms with E-state index in [4.69, 9.17) is 0 Å². The topological polar surface area (TPSA) is 63.2 Å². The number of halogens is 1. The Morgan fingerprint density at radius 2 is 2.19 bits per heavy atom. The van der Waals surface area contributed by atoms with E-state index in [-0.39, 0.29) is 4.90 Å². The van der Waals surface area contributed by atoms with Crippen LogP contribution in [0.4, 0.5) is 9.52 Å². The normalized spacial score (nSPS) is 16.0. The number of benzene rings is 1. The molecule has 1 aliphatic rings. The van der Waals surface area contributed by atoms with Crippen molar-refractivity contribution in [2.45, 2.75) is 23.5 Å². The SMILES string of the molecule is CCc1nsc(N2CC(S(=O)(=O)c3cccc(F)c3)C2)n1. The molecule has 0 unspecified atom stereocenters. The van der Waals surface area contributed by atoms with Gasteiger partial charge in [0.1, 0.15) is 16.9 Å². The fourth-order valence-corrected chi connectivity index (χ4v) is 4.59. The van der Waals surface area contributed by atoms with E-state index >= 15 is 0 Å². The predicted molar refractivity (Wildman–Crippen MR) is 78.9 cm³/mol. The summed E-state index contributed by atoms with van der Waals surface area (Å²) < 4.78 is 42.1. The summed E-state index contributed by atoms with van der Waals surface area (Å²) in [5.74, 6) is 0.232. The van der Waals surface area contributed by atoms with Crippen molar-refractivity contribution in [1.82, 2.24) is 9.36 Å². The highest BCUT2D eigenvalue weighted by Crippen LogP contribution is 2.29. The molecule has 8 heteroatoms. The molecule has 0 saturated carbocycles. The highest BCUT2D eigenvalue weighted by molar-refractivity contribution is 7.92. The van der Waals surface area contributed by atoms with Gasteiger partial charge in [0.25, 0.3) is 0 Å². The molecule has 0 spiro atoms. The van der Waals surface area contributed by atoms with Crippen molar-refractivity contribution < 1.29 is 12.8 Å². The van der Waals surface area contributed by atoms with Crippen LogP contribution >= 0.6 is 11.5 Å². The fraction of sp³-hybridized carbons (Fsp3) is 0.385. The Labute approximate surface area is 126 Å². The first-order valence-corrected chi connectivity index (χ1v) is 8.89. The highest BCUT2D eigenvalue weighted by Gasteiger charge is 2.39. The minimum absolute atomic E-state index is 0.0404.